The van der Waals surface area contributed by atoms with Crippen LogP contribution in [0.5, 0.6) is 5.75 Å². The molecule has 0 unspecified atom stereocenters. The Hall–Kier alpha value is -1.45. The van der Waals surface area contributed by atoms with Crippen molar-refractivity contribution in [3.63, 3.8) is 0 Å². The molecule has 2 nitrogen and oxygen atoms in total. The van der Waals surface area contributed by atoms with Crippen molar-refractivity contribution in [3.8, 4) is 5.75 Å². The van der Waals surface area contributed by atoms with Gasteiger partial charge < -0.3 is 4.74 Å². The fraction of sp³-hybridized carbons (Fsp3) is 0.467. The van der Waals surface area contributed by atoms with Crippen molar-refractivity contribution in [3.05, 3.63) is 35.2 Å². The summed E-state index contributed by atoms with van der Waals surface area (Å²) in [5, 5.41) is 0. The maximum atomic E-state index is 13.6. The lowest BCUT2D eigenvalue weighted by Gasteiger charge is -2.23. The van der Waals surface area contributed by atoms with Crippen LogP contribution in [0.1, 0.15) is 38.2 Å². The van der Waals surface area contributed by atoms with Gasteiger partial charge in [0.2, 0.25) is 5.82 Å². The Balaban J connectivity index is 2.05. The van der Waals surface area contributed by atoms with E-state index in [2.05, 4.69) is 6.92 Å². The molecule has 1 saturated carbocycles. The van der Waals surface area contributed by atoms with Gasteiger partial charge in [0.25, 0.3) is 0 Å². The number of ether oxygens (including phenoxy) is 1. The molecule has 0 atom stereocenters. The summed E-state index contributed by atoms with van der Waals surface area (Å²) in [7, 11) is 0. The van der Waals surface area contributed by atoms with E-state index in [0.29, 0.717) is 24.7 Å². The molecule has 1 aliphatic rings. The van der Waals surface area contributed by atoms with Crippen LogP contribution in [0.25, 0.3) is 0 Å². The summed E-state index contributed by atoms with van der Waals surface area (Å²) in [6.45, 7) is 3.60. The largest absolute Gasteiger partial charge is 0.423 e. The maximum absolute atomic E-state index is 13.6. The molecule has 1 aromatic carbocycles. The second-order valence-corrected chi connectivity index (χ2v) is 5.18. The van der Waals surface area contributed by atoms with Crippen LogP contribution >= 0.6 is 0 Å². The Morgan fingerprint density at radius 1 is 1.21 bits per heavy atom. The van der Waals surface area contributed by atoms with Crippen molar-refractivity contribution >= 4 is 5.97 Å². The van der Waals surface area contributed by atoms with Gasteiger partial charge >= 0.3 is 5.97 Å². The van der Waals surface area contributed by atoms with Crippen LogP contribution in [-0.2, 0) is 4.79 Å². The van der Waals surface area contributed by atoms with E-state index in [-0.39, 0.29) is 11.3 Å². The van der Waals surface area contributed by atoms with E-state index in [1.807, 2.05) is 0 Å². The van der Waals surface area contributed by atoms with Gasteiger partial charge in [0, 0.05) is 0 Å². The maximum Gasteiger partial charge on any atom is 0.318 e. The third-order valence-electron chi connectivity index (χ3n) is 3.61. The van der Waals surface area contributed by atoms with Crippen LogP contribution in [0.4, 0.5) is 8.78 Å². The molecular weight excluding hydrogens is 250 g/mol. The highest BCUT2D eigenvalue weighted by Crippen LogP contribution is 2.32. The second kappa shape index (κ2) is 5.68. The van der Waals surface area contributed by atoms with Crippen molar-refractivity contribution < 1.29 is 18.3 Å². The first-order chi connectivity index (χ1) is 8.99. The van der Waals surface area contributed by atoms with Crippen molar-refractivity contribution in [2.45, 2.75) is 39.5 Å². The van der Waals surface area contributed by atoms with E-state index in [1.54, 1.807) is 0 Å². The van der Waals surface area contributed by atoms with Gasteiger partial charge in [0.15, 0.2) is 11.6 Å². The van der Waals surface area contributed by atoms with Crippen molar-refractivity contribution in [2.75, 3.05) is 0 Å². The summed E-state index contributed by atoms with van der Waals surface area (Å²) in [5.41, 5.74) is 0.191. The zero-order valence-electron chi connectivity index (χ0n) is 11.1. The molecule has 1 aliphatic carbocycles. The Kier molecular flexibility index (Phi) is 4.17. The highest BCUT2D eigenvalue weighted by atomic mass is 19.2. The van der Waals surface area contributed by atoms with Crippen LogP contribution in [-0.4, -0.2) is 5.97 Å². The smallest absolute Gasteiger partial charge is 0.318 e. The van der Waals surface area contributed by atoms with Gasteiger partial charge in [-0.2, -0.15) is 4.39 Å². The van der Waals surface area contributed by atoms with Crippen LogP contribution in [0.3, 0.4) is 0 Å². The third-order valence-corrected chi connectivity index (χ3v) is 3.61. The first-order valence-electron chi connectivity index (χ1n) is 6.50. The fourth-order valence-electron chi connectivity index (χ4n) is 2.19. The van der Waals surface area contributed by atoms with E-state index in [0.717, 1.165) is 12.8 Å². The molecular formula is C15H17F2O2. The number of benzene rings is 1. The van der Waals surface area contributed by atoms with E-state index in [4.69, 9.17) is 4.74 Å². The van der Waals surface area contributed by atoms with Gasteiger partial charge in [-0.15, -0.1) is 0 Å². The topological polar surface area (TPSA) is 26.3 Å². The quantitative estimate of drug-likeness (QED) is 0.599. The van der Waals surface area contributed by atoms with Gasteiger partial charge in [-0.25, -0.2) is 4.39 Å². The number of aryl methyl sites for hydroxylation is 1. The molecule has 0 bridgehead atoms. The van der Waals surface area contributed by atoms with Crippen molar-refractivity contribution in [1.29, 1.82) is 0 Å². The molecule has 103 valence electrons. The zero-order valence-corrected chi connectivity index (χ0v) is 11.1. The summed E-state index contributed by atoms with van der Waals surface area (Å²) in [4.78, 5) is 11.9. The molecule has 2 rings (SSSR count). The van der Waals surface area contributed by atoms with Crippen LogP contribution in [0.15, 0.2) is 12.1 Å². The van der Waals surface area contributed by atoms with E-state index in [1.165, 1.54) is 19.1 Å². The molecule has 1 aromatic rings. The predicted molar refractivity (Wildman–Crippen MR) is 67.6 cm³/mol. The number of esters is 1. The number of carbonyl (C=O) groups is 1. The highest BCUT2D eigenvalue weighted by Gasteiger charge is 2.27. The van der Waals surface area contributed by atoms with Gasteiger partial charge in [-0.1, -0.05) is 13.0 Å². The summed E-state index contributed by atoms with van der Waals surface area (Å²) >= 11 is 0. The average molecular weight is 267 g/mol. The average Bonchev–Trinajstić information content (AvgIpc) is 2.40. The van der Waals surface area contributed by atoms with Crippen LogP contribution in [0, 0.1) is 30.4 Å². The number of hydrogen-bond acceptors (Lipinski definition) is 2. The molecule has 4 heteroatoms. The van der Waals surface area contributed by atoms with E-state index in [9.17, 15) is 13.6 Å². The lowest BCUT2D eigenvalue weighted by atomic mass is 9.83. The van der Waals surface area contributed by atoms with Gasteiger partial charge in [-0.05, 0) is 50.2 Å². The minimum atomic E-state index is -1.10. The Labute approximate surface area is 111 Å². The summed E-state index contributed by atoms with van der Waals surface area (Å²) in [6, 6.07) is 2.69. The number of hydrogen-bond donors (Lipinski definition) is 0. The number of halogens is 2. The minimum absolute atomic E-state index is 0.191. The molecule has 0 aromatic heterocycles. The first kappa shape index (κ1) is 14.0. The fourth-order valence-corrected chi connectivity index (χ4v) is 2.19. The standard InChI is InChI=1S/C15H17F2O2/c1-9-3-6-11(7-4-9)15(18)19-12-8-5-10(2)13(16)14(12)17/h5,8-9H,3-4,6-7H2,1-2H3. The zero-order chi connectivity index (χ0) is 14.0. The van der Waals surface area contributed by atoms with Crippen LogP contribution in [0.2, 0.25) is 0 Å². The molecule has 0 N–H and O–H groups in total. The molecule has 0 aliphatic heterocycles. The van der Waals surface area contributed by atoms with Gasteiger partial charge in [-0.3, -0.25) is 4.79 Å². The normalized spacial score (nSPS) is 17.5. The summed E-state index contributed by atoms with van der Waals surface area (Å²) in [5.74, 6) is -1.66. The molecule has 0 amide bonds. The molecule has 0 spiro atoms. The minimum Gasteiger partial charge on any atom is -0.423 e. The number of carbonyl (C=O) groups excluding carboxylic acids is 1. The van der Waals surface area contributed by atoms with Crippen LogP contribution < -0.4 is 4.74 Å². The molecule has 19 heavy (non-hydrogen) atoms. The summed E-state index contributed by atoms with van der Waals surface area (Å²) < 4.78 is 31.9. The monoisotopic (exact) mass is 267 g/mol. The Morgan fingerprint density at radius 3 is 2.47 bits per heavy atom. The molecule has 1 fully saturated rings. The molecule has 1 radical (unpaired) electrons. The van der Waals surface area contributed by atoms with Crippen molar-refractivity contribution in [2.24, 2.45) is 5.92 Å². The third kappa shape index (κ3) is 3.11. The second-order valence-electron chi connectivity index (χ2n) is 5.18. The lowest BCUT2D eigenvalue weighted by molar-refractivity contribution is -0.133. The Bertz CT molecular complexity index is 477. The first-order valence-corrected chi connectivity index (χ1v) is 6.50. The molecule has 0 heterocycles. The lowest BCUT2D eigenvalue weighted by Crippen LogP contribution is -2.23. The summed E-state index contributed by atoms with van der Waals surface area (Å²) in [6.07, 6.45) is 3.23. The van der Waals surface area contributed by atoms with Crippen molar-refractivity contribution in [1.82, 2.24) is 0 Å². The SMILES string of the molecule is Cc1ccc(OC(=O)[C]2CCC(C)CC2)c(F)c1F. The highest BCUT2D eigenvalue weighted by molar-refractivity contribution is 5.86. The predicted octanol–water partition coefficient (Wildman–Crippen LogP) is 3.96. The number of rotatable bonds is 2. The Morgan fingerprint density at radius 2 is 1.84 bits per heavy atom. The van der Waals surface area contributed by atoms with Gasteiger partial charge in [0.1, 0.15) is 0 Å². The van der Waals surface area contributed by atoms with Gasteiger partial charge in [0.05, 0.1) is 5.92 Å². The molecule has 0 saturated heterocycles. The van der Waals surface area contributed by atoms with E-state index >= 15 is 0 Å². The van der Waals surface area contributed by atoms with E-state index < -0.39 is 17.6 Å².